The number of hydrogen-bond donors (Lipinski definition) is 2. The first-order valence-corrected chi connectivity index (χ1v) is 8.80. The van der Waals surface area contributed by atoms with E-state index in [0.29, 0.717) is 23.9 Å². The van der Waals surface area contributed by atoms with E-state index >= 15 is 0 Å². The van der Waals surface area contributed by atoms with E-state index in [9.17, 15) is 14.4 Å². The molecule has 1 aromatic carbocycles. The number of rotatable bonds is 8. The first kappa shape index (κ1) is 19.5. The highest BCUT2D eigenvalue weighted by Crippen LogP contribution is 2.21. The Hall–Kier alpha value is -2.83. The van der Waals surface area contributed by atoms with Crippen molar-refractivity contribution in [2.75, 3.05) is 31.6 Å². The lowest BCUT2D eigenvalue weighted by atomic mass is 10.1. The SMILES string of the molecule is CCCC(=O)NCCNC(=O)c1cc2ccc(N(C)CC)cc2oc1=O. The Balaban J connectivity index is 2.07. The minimum absolute atomic E-state index is 0.0472. The lowest BCUT2D eigenvalue weighted by molar-refractivity contribution is -0.121. The van der Waals surface area contributed by atoms with Gasteiger partial charge in [-0.15, -0.1) is 0 Å². The Labute approximate surface area is 152 Å². The molecule has 2 aromatic rings. The fourth-order valence-electron chi connectivity index (χ4n) is 2.47. The van der Waals surface area contributed by atoms with E-state index in [1.54, 1.807) is 6.07 Å². The van der Waals surface area contributed by atoms with E-state index in [2.05, 4.69) is 10.6 Å². The van der Waals surface area contributed by atoms with Gasteiger partial charge in [-0.2, -0.15) is 0 Å². The molecule has 2 N–H and O–H groups in total. The lowest BCUT2D eigenvalue weighted by Crippen LogP contribution is -2.36. The predicted octanol–water partition coefficient (Wildman–Crippen LogP) is 1.90. The van der Waals surface area contributed by atoms with Crippen LogP contribution in [0.1, 0.15) is 37.0 Å². The zero-order valence-corrected chi connectivity index (χ0v) is 15.4. The Morgan fingerprint density at radius 1 is 1.12 bits per heavy atom. The van der Waals surface area contributed by atoms with Crippen molar-refractivity contribution in [3.63, 3.8) is 0 Å². The standard InChI is InChI=1S/C19H25N3O4/c1-4-6-17(23)20-9-10-21-18(24)15-11-13-7-8-14(22(3)5-2)12-16(13)26-19(15)25/h7-8,11-12H,4-6,9-10H2,1-3H3,(H,20,23)(H,21,24). The van der Waals surface area contributed by atoms with Gasteiger partial charge in [0, 0.05) is 50.2 Å². The fourth-order valence-corrected chi connectivity index (χ4v) is 2.47. The maximum absolute atomic E-state index is 12.2. The summed E-state index contributed by atoms with van der Waals surface area (Å²) >= 11 is 0. The highest BCUT2D eigenvalue weighted by Gasteiger charge is 2.14. The average molecular weight is 359 g/mol. The first-order valence-electron chi connectivity index (χ1n) is 8.80. The molecule has 2 rings (SSSR count). The van der Waals surface area contributed by atoms with Crippen molar-refractivity contribution < 1.29 is 14.0 Å². The molecule has 0 aliphatic rings. The number of amides is 2. The van der Waals surface area contributed by atoms with Crippen LogP contribution in [0.25, 0.3) is 11.0 Å². The largest absolute Gasteiger partial charge is 0.422 e. The molecule has 2 amide bonds. The van der Waals surface area contributed by atoms with Crippen molar-refractivity contribution in [2.45, 2.75) is 26.7 Å². The van der Waals surface area contributed by atoms with Crippen LogP contribution in [0.2, 0.25) is 0 Å². The van der Waals surface area contributed by atoms with Crippen LogP contribution in [-0.2, 0) is 4.79 Å². The minimum atomic E-state index is -0.679. The van der Waals surface area contributed by atoms with Gasteiger partial charge < -0.3 is 20.0 Å². The zero-order valence-electron chi connectivity index (χ0n) is 15.4. The molecule has 0 radical (unpaired) electrons. The van der Waals surface area contributed by atoms with Crippen LogP contribution in [0.4, 0.5) is 5.69 Å². The van der Waals surface area contributed by atoms with Gasteiger partial charge in [0.1, 0.15) is 11.1 Å². The third kappa shape index (κ3) is 4.84. The van der Waals surface area contributed by atoms with Gasteiger partial charge in [0.25, 0.3) is 5.91 Å². The van der Waals surface area contributed by atoms with Crippen LogP contribution in [0.15, 0.2) is 33.5 Å². The van der Waals surface area contributed by atoms with Crippen molar-refractivity contribution in [3.05, 3.63) is 40.2 Å². The summed E-state index contributed by atoms with van der Waals surface area (Å²) in [6, 6.07) is 7.05. The second-order valence-electron chi connectivity index (χ2n) is 6.04. The highest BCUT2D eigenvalue weighted by atomic mass is 16.4. The summed E-state index contributed by atoms with van der Waals surface area (Å²) in [6.07, 6.45) is 1.23. The van der Waals surface area contributed by atoms with Gasteiger partial charge in [0.2, 0.25) is 5.91 Å². The quantitative estimate of drug-likeness (QED) is 0.555. The Morgan fingerprint density at radius 3 is 2.54 bits per heavy atom. The Morgan fingerprint density at radius 2 is 1.85 bits per heavy atom. The number of nitrogens with zero attached hydrogens (tertiary/aromatic N) is 1. The number of carbonyl (C=O) groups excluding carboxylic acids is 2. The smallest absolute Gasteiger partial charge is 0.349 e. The molecule has 0 aliphatic carbocycles. The minimum Gasteiger partial charge on any atom is -0.422 e. The van der Waals surface area contributed by atoms with E-state index in [0.717, 1.165) is 18.7 Å². The zero-order chi connectivity index (χ0) is 19.1. The summed E-state index contributed by atoms with van der Waals surface area (Å²) in [6.45, 7) is 5.33. The van der Waals surface area contributed by atoms with Crippen LogP contribution in [0.3, 0.4) is 0 Å². The number of carbonyl (C=O) groups is 2. The van der Waals surface area contributed by atoms with Crippen LogP contribution in [-0.4, -0.2) is 38.5 Å². The first-order chi connectivity index (χ1) is 12.5. The summed E-state index contributed by atoms with van der Waals surface area (Å²) in [7, 11) is 1.94. The molecule has 0 saturated heterocycles. The third-order valence-corrected chi connectivity index (χ3v) is 4.09. The number of anilines is 1. The molecule has 0 bridgehead atoms. The van der Waals surface area contributed by atoms with Crippen molar-refractivity contribution in [3.8, 4) is 0 Å². The summed E-state index contributed by atoms with van der Waals surface area (Å²) in [4.78, 5) is 37.7. The van der Waals surface area contributed by atoms with Crippen LogP contribution in [0.5, 0.6) is 0 Å². The number of hydrogen-bond acceptors (Lipinski definition) is 5. The maximum atomic E-state index is 12.2. The maximum Gasteiger partial charge on any atom is 0.349 e. The van der Waals surface area contributed by atoms with E-state index < -0.39 is 11.5 Å². The molecule has 1 aromatic heterocycles. The normalized spacial score (nSPS) is 10.6. The van der Waals surface area contributed by atoms with E-state index in [-0.39, 0.29) is 18.0 Å². The molecular formula is C19H25N3O4. The molecule has 0 unspecified atom stereocenters. The van der Waals surface area contributed by atoms with E-state index in [1.807, 2.05) is 37.9 Å². The van der Waals surface area contributed by atoms with Crippen molar-refractivity contribution in [2.24, 2.45) is 0 Å². The van der Waals surface area contributed by atoms with Gasteiger partial charge in [0.05, 0.1) is 0 Å². The van der Waals surface area contributed by atoms with Crippen molar-refractivity contribution in [1.82, 2.24) is 10.6 Å². The third-order valence-electron chi connectivity index (χ3n) is 4.09. The van der Waals surface area contributed by atoms with Gasteiger partial charge in [-0.05, 0) is 31.5 Å². The van der Waals surface area contributed by atoms with Gasteiger partial charge >= 0.3 is 5.63 Å². The summed E-state index contributed by atoms with van der Waals surface area (Å²) in [5.74, 6) is -0.569. The monoisotopic (exact) mass is 359 g/mol. The summed E-state index contributed by atoms with van der Waals surface area (Å²) < 4.78 is 5.31. The molecule has 0 saturated carbocycles. The van der Waals surface area contributed by atoms with E-state index in [4.69, 9.17) is 4.42 Å². The number of fused-ring (bicyclic) bond motifs is 1. The van der Waals surface area contributed by atoms with Gasteiger partial charge in [-0.3, -0.25) is 9.59 Å². The fraction of sp³-hybridized carbons (Fsp3) is 0.421. The Bertz CT molecular complexity index is 844. The molecule has 7 nitrogen and oxygen atoms in total. The molecule has 140 valence electrons. The van der Waals surface area contributed by atoms with Crippen molar-refractivity contribution in [1.29, 1.82) is 0 Å². The predicted molar refractivity (Wildman–Crippen MR) is 102 cm³/mol. The molecule has 7 heteroatoms. The molecule has 1 heterocycles. The van der Waals surface area contributed by atoms with Crippen LogP contribution < -0.4 is 21.2 Å². The lowest BCUT2D eigenvalue weighted by Gasteiger charge is -2.16. The summed E-state index contributed by atoms with van der Waals surface area (Å²) in [5, 5.41) is 6.00. The van der Waals surface area contributed by atoms with Crippen LogP contribution >= 0.6 is 0 Å². The molecule has 26 heavy (non-hydrogen) atoms. The second-order valence-corrected chi connectivity index (χ2v) is 6.04. The highest BCUT2D eigenvalue weighted by molar-refractivity contribution is 5.97. The summed E-state index contributed by atoms with van der Waals surface area (Å²) in [5.41, 5.74) is 0.648. The second kappa shape index (κ2) is 9.03. The topological polar surface area (TPSA) is 91.7 Å². The van der Waals surface area contributed by atoms with Crippen molar-refractivity contribution >= 4 is 28.5 Å². The molecule has 0 spiro atoms. The van der Waals surface area contributed by atoms with E-state index in [1.165, 1.54) is 6.07 Å². The van der Waals surface area contributed by atoms with Crippen LogP contribution in [0, 0.1) is 0 Å². The molecule has 0 aliphatic heterocycles. The average Bonchev–Trinajstić information content (AvgIpc) is 2.63. The van der Waals surface area contributed by atoms with Gasteiger partial charge in [0.15, 0.2) is 0 Å². The molecule has 0 atom stereocenters. The van der Waals surface area contributed by atoms with Gasteiger partial charge in [-0.25, -0.2) is 4.79 Å². The molecule has 0 fully saturated rings. The molecular weight excluding hydrogens is 334 g/mol. The number of nitrogens with one attached hydrogen (secondary N) is 2. The number of benzene rings is 1. The Kier molecular flexibility index (Phi) is 6.77. The van der Waals surface area contributed by atoms with Gasteiger partial charge in [-0.1, -0.05) is 6.92 Å².